The van der Waals surface area contributed by atoms with Crippen LogP contribution in [0.15, 0.2) is 24.5 Å². The Kier molecular flexibility index (Phi) is 3.44. The summed E-state index contributed by atoms with van der Waals surface area (Å²) in [5, 5.41) is 0.314. The van der Waals surface area contributed by atoms with Crippen LogP contribution < -0.4 is 0 Å². The fourth-order valence-electron chi connectivity index (χ4n) is 1.99. The quantitative estimate of drug-likeness (QED) is 0.757. The van der Waals surface area contributed by atoms with Gasteiger partial charge >= 0.3 is 0 Å². The summed E-state index contributed by atoms with van der Waals surface area (Å²) in [6.07, 6.45) is 5.32. The molecule has 3 nitrogen and oxygen atoms in total. The molecule has 0 aromatic carbocycles. The van der Waals surface area contributed by atoms with E-state index in [1.807, 2.05) is 7.05 Å². The highest BCUT2D eigenvalue weighted by Crippen LogP contribution is 2.32. The lowest BCUT2D eigenvalue weighted by Crippen LogP contribution is -2.37. The van der Waals surface area contributed by atoms with E-state index in [1.54, 1.807) is 29.4 Å². The van der Waals surface area contributed by atoms with E-state index in [9.17, 15) is 4.79 Å². The van der Waals surface area contributed by atoms with Gasteiger partial charge < -0.3 is 4.90 Å². The Morgan fingerprint density at radius 3 is 2.69 bits per heavy atom. The molecule has 4 heteroatoms. The van der Waals surface area contributed by atoms with Crippen LogP contribution in [0.5, 0.6) is 0 Å². The number of aromatic nitrogens is 1. The fourth-order valence-corrected chi connectivity index (χ4v) is 2.49. The summed E-state index contributed by atoms with van der Waals surface area (Å²) in [6, 6.07) is 3.48. The van der Waals surface area contributed by atoms with E-state index in [0.29, 0.717) is 16.9 Å². The van der Waals surface area contributed by atoms with Crippen molar-refractivity contribution >= 4 is 17.5 Å². The lowest BCUT2D eigenvalue weighted by molar-refractivity contribution is 0.0747. The molecule has 0 saturated heterocycles. The van der Waals surface area contributed by atoms with E-state index in [-0.39, 0.29) is 5.91 Å². The lowest BCUT2D eigenvalue weighted by atomic mass is 9.84. The first-order valence-electron chi connectivity index (χ1n) is 5.46. The Morgan fingerprint density at radius 2 is 2.12 bits per heavy atom. The largest absolute Gasteiger partial charge is 0.341 e. The number of pyridine rings is 1. The zero-order valence-corrected chi connectivity index (χ0v) is 10.0. The van der Waals surface area contributed by atoms with Crippen LogP contribution in [0.25, 0.3) is 0 Å². The van der Waals surface area contributed by atoms with E-state index in [0.717, 1.165) is 19.4 Å². The van der Waals surface area contributed by atoms with Crippen molar-refractivity contribution in [3.8, 4) is 0 Å². The summed E-state index contributed by atoms with van der Waals surface area (Å²) >= 11 is 5.91. The van der Waals surface area contributed by atoms with Gasteiger partial charge in [-0.15, -0.1) is 11.6 Å². The maximum atomic E-state index is 12.0. The molecule has 1 fully saturated rings. The zero-order chi connectivity index (χ0) is 11.5. The number of hydrogen-bond acceptors (Lipinski definition) is 2. The highest BCUT2D eigenvalue weighted by atomic mass is 35.5. The summed E-state index contributed by atoms with van der Waals surface area (Å²) in [7, 11) is 1.84. The normalized spacial score (nSPS) is 23.6. The standard InChI is InChI=1S/C12H15ClN2O/c1-15(8-9-6-11(13)7-9)12(16)10-2-4-14-5-3-10/h2-5,9,11H,6-8H2,1H3. The van der Waals surface area contributed by atoms with Crippen LogP contribution in [0.2, 0.25) is 0 Å². The second-order valence-corrected chi connectivity index (χ2v) is 4.97. The SMILES string of the molecule is CN(CC1CC(Cl)C1)C(=O)c1ccncc1. The summed E-state index contributed by atoms with van der Waals surface area (Å²) in [5.41, 5.74) is 0.694. The number of carbonyl (C=O) groups is 1. The van der Waals surface area contributed by atoms with Crippen LogP contribution in [-0.2, 0) is 0 Å². The van der Waals surface area contributed by atoms with Gasteiger partial charge in [0.1, 0.15) is 0 Å². The van der Waals surface area contributed by atoms with E-state index in [4.69, 9.17) is 11.6 Å². The minimum Gasteiger partial charge on any atom is -0.341 e. The van der Waals surface area contributed by atoms with E-state index in [2.05, 4.69) is 4.98 Å². The Balaban J connectivity index is 1.90. The van der Waals surface area contributed by atoms with Gasteiger partial charge in [-0.2, -0.15) is 0 Å². The van der Waals surface area contributed by atoms with Crippen molar-refractivity contribution in [2.45, 2.75) is 18.2 Å². The molecule has 1 heterocycles. The summed E-state index contributed by atoms with van der Waals surface area (Å²) in [5.74, 6) is 0.624. The summed E-state index contributed by atoms with van der Waals surface area (Å²) in [6.45, 7) is 0.796. The third-order valence-corrected chi connectivity index (χ3v) is 3.34. The van der Waals surface area contributed by atoms with Crippen LogP contribution in [0.4, 0.5) is 0 Å². The number of alkyl halides is 1. The second kappa shape index (κ2) is 4.83. The molecule has 1 aromatic heterocycles. The van der Waals surface area contributed by atoms with Gasteiger partial charge in [-0.3, -0.25) is 9.78 Å². The van der Waals surface area contributed by atoms with Crippen molar-refractivity contribution in [2.24, 2.45) is 5.92 Å². The topological polar surface area (TPSA) is 33.2 Å². The summed E-state index contributed by atoms with van der Waals surface area (Å²) in [4.78, 5) is 17.6. The first-order chi connectivity index (χ1) is 7.66. The molecule has 0 unspecified atom stereocenters. The summed E-state index contributed by atoms with van der Waals surface area (Å²) < 4.78 is 0. The predicted molar refractivity (Wildman–Crippen MR) is 63.6 cm³/mol. The zero-order valence-electron chi connectivity index (χ0n) is 9.27. The third-order valence-electron chi connectivity index (χ3n) is 2.98. The second-order valence-electron chi connectivity index (χ2n) is 4.36. The number of hydrogen-bond donors (Lipinski definition) is 0. The minimum atomic E-state index is 0.0559. The van der Waals surface area contributed by atoms with Gasteiger partial charge in [-0.1, -0.05) is 0 Å². The highest BCUT2D eigenvalue weighted by molar-refractivity contribution is 6.21. The van der Waals surface area contributed by atoms with Crippen LogP contribution in [0.3, 0.4) is 0 Å². The molecular weight excluding hydrogens is 224 g/mol. The van der Waals surface area contributed by atoms with Gasteiger partial charge in [-0.05, 0) is 30.9 Å². The molecular formula is C12H15ClN2O. The maximum absolute atomic E-state index is 12.0. The number of nitrogens with zero attached hydrogens (tertiary/aromatic N) is 2. The van der Waals surface area contributed by atoms with Gasteiger partial charge in [0.2, 0.25) is 0 Å². The van der Waals surface area contributed by atoms with Crippen molar-refractivity contribution in [1.29, 1.82) is 0 Å². The number of halogens is 1. The van der Waals surface area contributed by atoms with Crippen molar-refractivity contribution < 1.29 is 4.79 Å². The number of amides is 1. The molecule has 0 aliphatic heterocycles. The third kappa shape index (κ3) is 2.53. The maximum Gasteiger partial charge on any atom is 0.253 e. The molecule has 2 rings (SSSR count). The van der Waals surface area contributed by atoms with Crippen molar-refractivity contribution in [1.82, 2.24) is 9.88 Å². The first kappa shape index (κ1) is 11.4. The van der Waals surface area contributed by atoms with Crippen LogP contribution in [0, 0.1) is 5.92 Å². The fraction of sp³-hybridized carbons (Fsp3) is 0.500. The monoisotopic (exact) mass is 238 g/mol. The van der Waals surface area contributed by atoms with Gasteiger partial charge in [0.05, 0.1) is 0 Å². The van der Waals surface area contributed by atoms with Gasteiger partial charge in [0.25, 0.3) is 5.91 Å². The molecule has 86 valence electrons. The molecule has 0 radical (unpaired) electrons. The molecule has 1 aromatic rings. The molecule has 1 saturated carbocycles. The van der Waals surface area contributed by atoms with Crippen molar-refractivity contribution in [3.63, 3.8) is 0 Å². The van der Waals surface area contributed by atoms with E-state index >= 15 is 0 Å². The molecule has 1 aliphatic rings. The van der Waals surface area contributed by atoms with Crippen LogP contribution in [-0.4, -0.2) is 34.8 Å². The Morgan fingerprint density at radius 1 is 1.50 bits per heavy atom. The molecule has 0 spiro atoms. The molecule has 0 atom stereocenters. The van der Waals surface area contributed by atoms with E-state index < -0.39 is 0 Å². The Labute approximate surface area is 100 Å². The van der Waals surface area contributed by atoms with Crippen molar-refractivity contribution in [2.75, 3.05) is 13.6 Å². The predicted octanol–water partition coefficient (Wildman–Crippen LogP) is 2.17. The Hall–Kier alpha value is -1.09. The first-order valence-corrected chi connectivity index (χ1v) is 5.90. The molecule has 0 bridgehead atoms. The van der Waals surface area contributed by atoms with Gasteiger partial charge in [0.15, 0.2) is 0 Å². The lowest BCUT2D eigenvalue weighted by Gasteiger charge is -2.34. The smallest absolute Gasteiger partial charge is 0.253 e. The molecule has 16 heavy (non-hydrogen) atoms. The molecule has 1 aliphatic carbocycles. The minimum absolute atomic E-state index is 0.0559. The highest BCUT2D eigenvalue weighted by Gasteiger charge is 2.29. The van der Waals surface area contributed by atoms with Crippen LogP contribution >= 0.6 is 11.6 Å². The number of carbonyl (C=O) groups excluding carboxylic acids is 1. The van der Waals surface area contributed by atoms with Gasteiger partial charge in [0, 0.05) is 36.9 Å². The van der Waals surface area contributed by atoms with E-state index in [1.165, 1.54) is 0 Å². The van der Waals surface area contributed by atoms with Crippen LogP contribution in [0.1, 0.15) is 23.2 Å². The molecule has 0 N–H and O–H groups in total. The average molecular weight is 239 g/mol. The van der Waals surface area contributed by atoms with Gasteiger partial charge in [-0.25, -0.2) is 0 Å². The number of rotatable bonds is 3. The van der Waals surface area contributed by atoms with Crippen molar-refractivity contribution in [3.05, 3.63) is 30.1 Å². The molecule has 1 amide bonds. The average Bonchev–Trinajstić information content (AvgIpc) is 2.27. The Bertz CT molecular complexity index is 363.